The smallest absolute Gasteiger partial charge is 0.226 e. The van der Waals surface area contributed by atoms with Crippen LogP contribution in [0.3, 0.4) is 0 Å². The Labute approximate surface area is 150 Å². The minimum Gasteiger partial charge on any atom is -0.439 e. The van der Waals surface area contributed by atoms with Crippen LogP contribution in [0, 0.1) is 20.8 Å². The van der Waals surface area contributed by atoms with Gasteiger partial charge in [0, 0.05) is 7.05 Å². The summed E-state index contributed by atoms with van der Waals surface area (Å²) in [4.78, 5) is 6.31. The quantitative estimate of drug-likeness (QED) is 0.498. The minimum absolute atomic E-state index is 0.341. The molecule has 25 heavy (non-hydrogen) atoms. The largest absolute Gasteiger partial charge is 0.439 e. The van der Waals surface area contributed by atoms with Crippen molar-refractivity contribution in [3.8, 4) is 11.6 Å². The van der Waals surface area contributed by atoms with Crippen LogP contribution in [0.1, 0.15) is 27.4 Å². The average Bonchev–Trinajstić information content (AvgIpc) is 3.08. The second-order valence-electron chi connectivity index (χ2n) is 5.64. The van der Waals surface area contributed by atoms with Gasteiger partial charge in [0.2, 0.25) is 5.88 Å². The molecule has 0 atom stereocenters. The van der Waals surface area contributed by atoms with Crippen molar-refractivity contribution in [1.82, 2.24) is 19.4 Å². The second kappa shape index (κ2) is 7.43. The number of aryl methyl sites for hydroxylation is 4. The fourth-order valence-corrected chi connectivity index (χ4v) is 2.82. The van der Waals surface area contributed by atoms with Gasteiger partial charge in [0.1, 0.15) is 5.75 Å². The molecular formula is C17H19N5O2S. The first-order chi connectivity index (χ1) is 12.0. The summed E-state index contributed by atoms with van der Waals surface area (Å²) in [6.45, 7) is 6.16. The lowest BCUT2D eigenvalue weighted by molar-refractivity contribution is 0.134. The maximum absolute atomic E-state index is 6.00. The molecule has 0 saturated carbocycles. The number of rotatable bonds is 6. The monoisotopic (exact) mass is 357 g/mol. The number of benzene rings is 1. The molecule has 2 heterocycles. The highest BCUT2D eigenvalue weighted by molar-refractivity contribution is 7.05. The molecule has 3 rings (SSSR count). The van der Waals surface area contributed by atoms with Gasteiger partial charge in [-0.2, -0.15) is 5.10 Å². The Morgan fingerprint density at radius 3 is 2.80 bits per heavy atom. The van der Waals surface area contributed by atoms with Crippen LogP contribution < -0.4 is 4.74 Å². The van der Waals surface area contributed by atoms with Crippen LogP contribution in [0.5, 0.6) is 11.6 Å². The first-order valence-electron chi connectivity index (χ1n) is 7.76. The molecule has 0 aliphatic heterocycles. The average molecular weight is 357 g/mol. The summed E-state index contributed by atoms with van der Waals surface area (Å²) in [7, 11) is 1.84. The van der Waals surface area contributed by atoms with Crippen LogP contribution >= 0.6 is 11.5 Å². The van der Waals surface area contributed by atoms with Gasteiger partial charge in [-0.3, -0.25) is 0 Å². The van der Waals surface area contributed by atoms with Crippen molar-refractivity contribution < 1.29 is 9.57 Å². The standard InChI is InChI=1S/C17H19N5O2S/c1-11-6-5-7-14(8-11)24-17-15(12(2)20-22(17)4)9-18-23-10-16-13(3)19-21-25-16/h5-9H,10H2,1-4H3/b18-9+. The third kappa shape index (κ3) is 4.03. The van der Waals surface area contributed by atoms with Gasteiger partial charge in [0.25, 0.3) is 0 Å². The number of oxime groups is 1. The van der Waals surface area contributed by atoms with E-state index in [1.54, 1.807) is 10.9 Å². The zero-order chi connectivity index (χ0) is 17.8. The van der Waals surface area contributed by atoms with Crippen LogP contribution in [-0.4, -0.2) is 25.6 Å². The number of ether oxygens (including phenoxy) is 1. The Bertz CT molecular complexity index is 900. The highest BCUT2D eigenvalue weighted by Gasteiger charge is 2.14. The van der Waals surface area contributed by atoms with Crippen molar-refractivity contribution >= 4 is 17.7 Å². The van der Waals surface area contributed by atoms with E-state index in [2.05, 4.69) is 19.8 Å². The zero-order valence-electron chi connectivity index (χ0n) is 14.6. The third-order valence-electron chi connectivity index (χ3n) is 3.62. The summed E-state index contributed by atoms with van der Waals surface area (Å²) in [6.07, 6.45) is 1.62. The Morgan fingerprint density at radius 1 is 1.24 bits per heavy atom. The molecule has 0 fully saturated rings. The Balaban J connectivity index is 1.74. The van der Waals surface area contributed by atoms with Gasteiger partial charge >= 0.3 is 0 Å². The number of nitrogens with zero attached hydrogens (tertiary/aromatic N) is 5. The first-order valence-corrected chi connectivity index (χ1v) is 8.53. The number of aromatic nitrogens is 4. The number of hydrogen-bond acceptors (Lipinski definition) is 7. The van der Waals surface area contributed by atoms with Crippen molar-refractivity contribution in [2.24, 2.45) is 12.2 Å². The predicted molar refractivity (Wildman–Crippen MR) is 96.2 cm³/mol. The SMILES string of the molecule is Cc1cccc(Oc2c(/C=N/OCc3snnc3C)c(C)nn2C)c1. The van der Waals surface area contributed by atoms with Crippen LogP contribution in [0.2, 0.25) is 0 Å². The lowest BCUT2D eigenvalue weighted by Gasteiger charge is -2.07. The number of hydrogen-bond donors (Lipinski definition) is 0. The lowest BCUT2D eigenvalue weighted by Crippen LogP contribution is -1.97. The van der Waals surface area contributed by atoms with Gasteiger partial charge in [0.05, 0.1) is 28.0 Å². The molecule has 1 aromatic carbocycles. The van der Waals surface area contributed by atoms with Crippen molar-refractivity contribution in [3.63, 3.8) is 0 Å². The van der Waals surface area contributed by atoms with Gasteiger partial charge in [-0.1, -0.05) is 21.8 Å². The molecule has 2 aromatic heterocycles. The molecule has 0 aliphatic carbocycles. The highest BCUT2D eigenvalue weighted by Crippen LogP contribution is 2.26. The molecular weight excluding hydrogens is 338 g/mol. The first kappa shape index (κ1) is 17.1. The molecule has 0 bridgehead atoms. The van der Waals surface area contributed by atoms with Gasteiger partial charge < -0.3 is 9.57 Å². The van der Waals surface area contributed by atoms with Gasteiger partial charge in [-0.15, -0.1) is 5.10 Å². The van der Waals surface area contributed by atoms with E-state index < -0.39 is 0 Å². The van der Waals surface area contributed by atoms with Crippen LogP contribution in [0.25, 0.3) is 0 Å². The Kier molecular flexibility index (Phi) is 5.08. The summed E-state index contributed by atoms with van der Waals surface area (Å²) in [5.41, 5.74) is 3.58. The van der Waals surface area contributed by atoms with Crippen LogP contribution in [-0.2, 0) is 18.5 Å². The predicted octanol–water partition coefficient (Wildman–Crippen LogP) is 3.54. The molecule has 0 unspecified atom stereocenters. The maximum atomic E-state index is 6.00. The van der Waals surface area contributed by atoms with E-state index >= 15 is 0 Å². The van der Waals surface area contributed by atoms with Crippen LogP contribution in [0.4, 0.5) is 0 Å². The van der Waals surface area contributed by atoms with E-state index in [0.717, 1.165) is 33.1 Å². The van der Waals surface area contributed by atoms with E-state index in [1.165, 1.54) is 11.5 Å². The van der Waals surface area contributed by atoms with Crippen LogP contribution in [0.15, 0.2) is 29.4 Å². The summed E-state index contributed by atoms with van der Waals surface area (Å²) >= 11 is 1.31. The van der Waals surface area contributed by atoms with E-state index in [9.17, 15) is 0 Å². The molecule has 0 radical (unpaired) electrons. The summed E-state index contributed by atoms with van der Waals surface area (Å²) < 4.78 is 11.6. The minimum atomic E-state index is 0.341. The molecule has 130 valence electrons. The molecule has 7 nitrogen and oxygen atoms in total. The summed E-state index contributed by atoms with van der Waals surface area (Å²) in [5, 5.41) is 12.4. The third-order valence-corrected chi connectivity index (χ3v) is 4.41. The van der Waals surface area contributed by atoms with Gasteiger partial charge in [-0.25, -0.2) is 4.68 Å². The second-order valence-corrected chi connectivity index (χ2v) is 6.47. The Morgan fingerprint density at radius 2 is 2.08 bits per heavy atom. The zero-order valence-corrected chi connectivity index (χ0v) is 15.4. The summed E-state index contributed by atoms with van der Waals surface area (Å²) in [5.74, 6) is 1.37. The van der Waals surface area contributed by atoms with E-state index in [4.69, 9.17) is 9.57 Å². The van der Waals surface area contributed by atoms with Gasteiger partial charge in [-0.05, 0) is 50.0 Å². The molecule has 0 aliphatic rings. The molecule has 3 aromatic rings. The van der Waals surface area contributed by atoms with Crippen molar-refractivity contribution in [2.45, 2.75) is 27.4 Å². The van der Waals surface area contributed by atoms with Crippen molar-refractivity contribution in [3.05, 3.63) is 51.7 Å². The van der Waals surface area contributed by atoms with E-state index in [-0.39, 0.29) is 0 Å². The topological polar surface area (TPSA) is 74.4 Å². The normalized spacial score (nSPS) is 11.2. The fourth-order valence-electron chi connectivity index (χ4n) is 2.28. The van der Waals surface area contributed by atoms with Gasteiger partial charge in [0.15, 0.2) is 6.61 Å². The molecule has 8 heteroatoms. The molecule has 0 spiro atoms. The molecule has 0 amide bonds. The molecule has 0 saturated heterocycles. The lowest BCUT2D eigenvalue weighted by atomic mass is 10.2. The van der Waals surface area contributed by atoms with E-state index in [1.807, 2.05) is 52.1 Å². The highest BCUT2D eigenvalue weighted by atomic mass is 32.1. The Hall–Kier alpha value is -2.74. The van der Waals surface area contributed by atoms with Crippen molar-refractivity contribution in [2.75, 3.05) is 0 Å². The maximum Gasteiger partial charge on any atom is 0.226 e. The molecule has 0 N–H and O–H groups in total. The van der Waals surface area contributed by atoms with Crippen molar-refractivity contribution in [1.29, 1.82) is 0 Å². The summed E-state index contributed by atoms with van der Waals surface area (Å²) in [6, 6.07) is 7.86. The fraction of sp³-hybridized carbons (Fsp3) is 0.294. The van der Waals surface area contributed by atoms with E-state index in [0.29, 0.717) is 12.5 Å².